The van der Waals surface area contributed by atoms with E-state index < -0.39 is 0 Å². The average Bonchev–Trinajstić information content (AvgIpc) is 3.17. The third-order valence-electron chi connectivity index (χ3n) is 3.77. The molecule has 0 radical (unpaired) electrons. The van der Waals surface area contributed by atoms with Gasteiger partial charge in [0.05, 0.1) is 25.6 Å². The second-order valence-electron chi connectivity index (χ2n) is 6.00. The van der Waals surface area contributed by atoms with Crippen LogP contribution in [0.3, 0.4) is 0 Å². The van der Waals surface area contributed by atoms with Crippen LogP contribution >= 0.6 is 23.1 Å². The smallest absolute Gasteiger partial charge is 0.262 e. The van der Waals surface area contributed by atoms with Gasteiger partial charge in [-0.1, -0.05) is 23.1 Å². The quantitative estimate of drug-likeness (QED) is 0.468. The molecule has 0 saturated carbocycles. The maximum absolute atomic E-state index is 12.3. The number of carbonyl (C=O) groups excluding carboxylic acids is 1. The number of anilines is 1. The van der Waals surface area contributed by atoms with Crippen molar-refractivity contribution in [2.75, 3.05) is 25.6 Å². The standard InChI is InChI=1S/C20H22N4O4S2/c1-4-27-16-7-5-14(6-8-16)22-19(25)11-28-17-9-15(21-10-18(17)26-3)12-29-20-24-23-13(2)30-20/h5-10H,4,11-12H2,1-3H3,(H,22,25). The van der Waals surface area contributed by atoms with Crippen LogP contribution in [-0.4, -0.2) is 41.4 Å². The van der Waals surface area contributed by atoms with Crippen LogP contribution in [0.15, 0.2) is 40.9 Å². The average molecular weight is 447 g/mol. The Labute approximate surface area is 183 Å². The fourth-order valence-corrected chi connectivity index (χ4v) is 4.14. The van der Waals surface area contributed by atoms with Gasteiger partial charge < -0.3 is 19.5 Å². The first-order chi connectivity index (χ1) is 14.6. The molecule has 0 aliphatic carbocycles. The summed E-state index contributed by atoms with van der Waals surface area (Å²) in [5.41, 5.74) is 1.45. The molecular formula is C20H22N4O4S2. The summed E-state index contributed by atoms with van der Waals surface area (Å²) in [6.07, 6.45) is 1.58. The highest BCUT2D eigenvalue weighted by Gasteiger charge is 2.11. The zero-order valence-electron chi connectivity index (χ0n) is 16.9. The summed E-state index contributed by atoms with van der Waals surface area (Å²) < 4.78 is 17.2. The summed E-state index contributed by atoms with van der Waals surface area (Å²) in [4.78, 5) is 16.6. The molecule has 3 rings (SSSR count). The number of benzene rings is 1. The van der Waals surface area contributed by atoms with Crippen LogP contribution in [0.1, 0.15) is 17.6 Å². The molecule has 0 saturated heterocycles. The third-order valence-corrected chi connectivity index (χ3v) is 5.77. The second-order valence-corrected chi connectivity index (χ2v) is 8.40. The van der Waals surface area contributed by atoms with Crippen molar-refractivity contribution >= 4 is 34.7 Å². The fourth-order valence-electron chi connectivity index (χ4n) is 2.42. The van der Waals surface area contributed by atoms with E-state index in [-0.39, 0.29) is 12.5 Å². The van der Waals surface area contributed by atoms with Crippen LogP contribution in [-0.2, 0) is 10.5 Å². The van der Waals surface area contributed by atoms with Gasteiger partial charge in [0.2, 0.25) is 0 Å². The van der Waals surface area contributed by atoms with Crippen LogP contribution in [0.4, 0.5) is 5.69 Å². The Balaban J connectivity index is 1.56. The molecule has 0 aliphatic heterocycles. The first kappa shape index (κ1) is 21.8. The van der Waals surface area contributed by atoms with Crippen molar-refractivity contribution in [3.05, 3.63) is 47.2 Å². The molecule has 158 valence electrons. The topological polar surface area (TPSA) is 95.5 Å². The van der Waals surface area contributed by atoms with E-state index in [4.69, 9.17) is 14.2 Å². The monoisotopic (exact) mass is 446 g/mol. The van der Waals surface area contributed by atoms with Crippen LogP contribution in [0.25, 0.3) is 0 Å². The lowest BCUT2D eigenvalue weighted by molar-refractivity contribution is -0.118. The van der Waals surface area contributed by atoms with Crippen LogP contribution < -0.4 is 19.5 Å². The minimum atomic E-state index is -0.279. The molecule has 3 aromatic rings. The van der Waals surface area contributed by atoms with Crippen molar-refractivity contribution in [1.82, 2.24) is 15.2 Å². The molecule has 2 aromatic heterocycles. The van der Waals surface area contributed by atoms with Crippen molar-refractivity contribution in [2.45, 2.75) is 23.9 Å². The molecule has 1 aromatic carbocycles. The van der Waals surface area contributed by atoms with Crippen LogP contribution in [0.5, 0.6) is 17.2 Å². The molecule has 0 bridgehead atoms. The zero-order valence-corrected chi connectivity index (χ0v) is 18.5. The lowest BCUT2D eigenvalue weighted by Gasteiger charge is -2.12. The Morgan fingerprint density at radius 3 is 2.63 bits per heavy atom. The summed E-state index contributed by atoms with van der Waals surface area (Å²) in [5, 5.41) is 11.8. The molecule has 0 spiro atoms. The first-order valence-electron chi connectivity index (χ1n) is 9.18. The summed E-state index contributed by atoms with van der Waals surface area (Å²) in [7, 11) is 1.53. The van der Waals surface area contributed by atoms with Crippen molar-refractivity contribution < 1.29 is 19.0 Å². The molecule has 10 heteroatoms. The number of amides is 1. The van der Waals surface area contributed by atoms with Gasteiger partial charge in [0.25, 0.3) is 5.91 Å². The molecule has 30 heavy (non-hydrogen) atoms. The van der Waals surface area contributed by atoms with Gasteiger partial charge in [-0.15, -0.1) is 10.2 Å². The molecule has 0 fully saturated rings. The van der Waals surface area contributed by atoms with E-state index in [1.54, 1.807) is 48.3 Å². The number of aromatic nitrogens is 3. The molecule has 2 heterocycles. The summed E-state index contributed by atoms with van der Waals surface area (Å²) >= 11 is 3.08. The van der Waals surface area contributed by atoms with E-state index in [9.17, 15) is 4.79 Å². The molecule has 1 N–H and O–H groups in total. The number of nitrogens with one attached hydrogen (secondary N) is 1. The summed E-state index contributed by atoms with van der Waals surface area (Å²) in [5.74, 6) is 2.00. The minimum Gasteiger partial charge on any atom is -0.494 e. The Morgan fingerprint density at radius 2 is 1.97 bits per heavy atom. The van der Waals surface area contributed by atoms with Gasteiger partial charge in [-0.05, 0) is 38.1 Å². The van der Waals surface area contributed by atoms with Gasteiger partial charge in [-0.2, -0.15) is 0 Å². The normalized spacial score (nSPS) is 10.5. The maximum Gasteiger partial charge on any atom is 0.262 e. The number of rotatable bonds is 10. The molecule has 0 atom stereocenters. The highest BCUT2D eigenvalue weighted by molar-refractivity contribution is 8.00. The molecular weight excluding hydrogens is 424 g/mol. The predicted octanol–water partition coefficient (Wildman–Crippen LogP) is 3.96. The number of thioether (sulfide) groups is 1. The predicted molar refractivity (Wildman–Crippen MR) is 117 cm³/mol. The van der Waals surface area contributed by atoms with Gasteiger partial charge in [0.1, 0.15) is 10.8 Å². The second kappa shape index (κ2) is 10.8. The molecule has 8 nitrogen and oxygen atoms in total. The zero-order chi connectivity index (χ0) is 21.3. The largest absolute Gasteiger partial charge is 0.494 e. The van der Waals surface area contributed by atoms with E-state index in [1.807, 2.05) is 13.8 Å². The Kier molecular flexibility index (Phi) is 7.86. The van der Waals surface area contributed by atoms with Crippen molar-refractivity contribution in [3.63, 3.8) is 0 Å². The minimum absolute atomic E-state index is 0.157. The molecule has 1 amide bonds. The third kappa shape index (κ3) is 6.33. The van der Waals surface area contributed by atoms with Crippen molar-refractivity contribution in [2.24, 2.45) is 0 Å². The highest BCUT2D eigenvalue weighted by Crippen LogP contribution is 2.30. The number of methoxy groups -OCH3 is 1. The SMILES string of the molecule is CCOc1ccc(NC(=O)COc2cc(CSc3nnc(C)s3)ncc2OC)cc1. The van der Waals surface area contributed by atoms with E-state index in [2.05, 4.69) is 20.5 Å². The molecule has 0 aliphatic rings. The van der Waals surface area contributed by atoms with Crippen LogP contribution in [0, 0.1) is 6.92 Å². The van der Waals surface area contributed by atoms with Crippen molar-refractivity contribution in [3.8, 4) is 17.2 Å². The van der Waals surface area contributed by atoms with Gasteiger partial charge >= 0.3 is 0 Å². The fraction of sp³-hybridized carbons (Fsp3) is 0.300. The van der Waals surface area contributed by atoms with Crippen molar-refractivity contribution in [1.29, 1.82) is 0 Å². The lowest BCUT2D eigenvalue weighted by atomic mass is 10.3. The Bertz CT molecular complexity index is 979. The number of nitrogens with zero attached hydrogens (tertiary/aromatic N) is 3. The van der Waals surface area contributed by atoms with E-state index in [0.717, 1.165) is 20.8 Å². The number of aryl methyl sites for hydroxylation is 1. The number of hydrogen-bond donors (Lipinski definition) is 1. The van der Waals surface area contributed by atoms with E-state index >= 15 is 0 Å². The number of pyridine rings is 1. The maximum atomic E-state index is 12.3. The lowest BCUT2D eigenvalue weighted by Crippen LogP contribution is -2.20. The number of carbonyl (C=O) groups is 1. The Morgan fingerprint density at radius 1 is 1.17 bits per heavy atom. The molecule has 0 unspecified atom stereocenters. The first-order valence-corrected chi connectivity index (χ1v) is 11.0. The van der Waals surface area contributed by atoms with Gasteiger partial charge in [0.15, 0.2) is 22.4 Å². The van der Waals surface area contributed by atoms with E-state index in [1.165, 1.54) is 18.4 Å². The Hall–Kier alpha value is -2.85. The van der Waals surface area contributed by atoms with Gasteiger partial charge in [0, 0.05) is 17.5 Å². The number of ether oxygens (including phenoxy) is 3. The van der Waals surface area contributed by atoms with Gasteiger partial charge in [-0.25, -0.2) is 0 Å². The summed E-state index contributed by atoms with van der Waals surface area (Å²) in [6, 6.07) is 8.93. The van der Waals surface area contributed by atoms with Crippen LogP contribution in [0.2, 0.25) is 0 Å². The number of hydrogen-bond acceptors (Lipinski definition) is 9. The highest BCUT2D eigenvalue weighted by atomic mass is 32.2. The van der Waals surface area contributed by atoms with E-state index in [0.29, 0.717) is 29.5 Å². The summed E-state index contributed by atoms with van der Waals surface area (Å²) in [6.45, 7) is 4.27. The van der Waals surface area contributed by atoms with Gasteiger partial charge in [-0.3, -0.25) is 9.78 Å².